The molecule has 1 aromatic rings. The van der Waals surface area contributed by atoms with Crippen LogP contribution in [-0.4, -0.2) is 25.7 Å². The Hall–Kier alpha value is -1.27. The number of rotatable bonds is 4. The number of hydrogen-bond donors (Lipinski definition) is 3. The summed E-state index contributed by atoms with van der Waals surface area (Å²) in [6.07, 6.45) is 2.03. The van der Waals surface area contributed by atoms with Gasteiger partial charge >= 0.3 is 6.03 Å². The Balaban J connectivity index is 1.99. The molecule has 0 radical (unpaired) electrons. The molecule has 6 heteroatoms. The third-order valence-electron chi connectivity index (χ3n) is 3.06. The molecule has 1 atom stereocenters. The molecule has 19 heavy (non-hydrogen) atoms. The lowest BCUT2D eigenvalue weighted by molar-refractivity contribution is 0.248. The highest BCUT2D eigenvalue weighted by atomic mass is 79.9. The van der Waals surface area contributed by atoms with E-state index in [0.717, 1.165) is 29.7 Å². The van der Waals surface area contributed by atoms with E-state index in [4.69, 9.17) is 10.5 Å². The Morgan fingerprint density at radius 2 is 2.32 bits per heavy atom. The van der Waals surface area contributed by atoms with Gasteiger partial charge in [-0.3, -0.25) is 0 Å². The Morgan fingerprint density at radius 1 is 1.47 bits per heavy atom. The van der Waals surface area contributed by atoms with Gasteiger partial charge in [-0.25, -0.2) is 4.79 Å². The molecule has 1 aliphatic heterocycles. The maximum atomic E-state index is 10.6. The second kappa shape index (κ2) is 6.77. The summed E-state index contributed by atoms with van der Waals surface area (Å²) in [7, 11) is 0. The molecule has 2 amide bonds. The largest absolute Gasteiger partial charge is 0.493 e. The van der Waals surface area contributed by atoms with Gasteiger partial charge in [0.15, 0.2) is 0 Å². The van der Waals surface area contributed by atoms with Crippen LogP contribution < -0.4 is 21.1 Å². The van der Waals surface area contributed by atoms with Gasteiger partial charge in [-0.1, -0.05) is 22.0 Å². The van der Waals surface area contributed by atoms with Crippen molar-refractivity contribution in [2.75, 3.05) is 19.7 Å². The molecule has 0 saturated heterocycles. The standard InChI is InChI=1S/C13H18BrN3O2/c14-9-3-4-10-11(16-5-6-17-13(15)18)2-1-7-19-12(10)8-9/h3-4,8,11,16H,1-2,5-7H2,(H3,15,17,18). The molecule has 0 saturated carbocycles. The van der Waals surface area contributed by atoms with Gasteiger partial charge in [0.1, 0.15) is 5.75 Å². The predicted octanol–water partition coefficient (Wildman–Crippen LogP) is 1.92. The zero-order chi connectivity index (χ0) is 13.7. The number of halogens is 1. The molecule has 0 aliphatic carbocycles. The SMILES string of the molecule is NC(=O)NCCNC1CCCOc2cc(Br)ccc21. The van der Waals surface area contributed by atoms with Crippen LogP contribution in [-0.2, 0) is 0 Å². The van der Waals surface area contributed by atoms with E-state index in [2.05, 4.69) is 32.6 Å². The number of carbonyl (C=O) groups is 1. The average molecular weight is 328 g/mol. The van der Waals surface area contributed by atoms with Crippen molar-refractivity contribution in [1.29, 1.82) is 0 Å². The van der Waals surface area contributed by atoms with Gasteiger partial charge in [0.05, 0.1) is 6.61 Å². The maximum Gasteiger partial charge on any atom is 0.312 e. The summed E-state index contributed by atoms with van der Waals surface area (Å²) >= 11 is 3.45. The van der Waals surface area contributed by atoms with Crippen LogP contribution in [0.3, 0.4) is 0 Å². The first-order valence-electron chi connectivity index (χ1n) is 6.36. The van der Waals surface area contributed by atoms with Crippen molar-refractivity contribution in [2.45, 2.75) is 18.9 Å². The number of ether oxygens (including phenoxy) is 1. The minimum Gasteiger partial charge on any atom is -0.493 e. The van der Waals surface area contributed by atoms with Crippen LogP contribution in [0.5, 0.6) is 5.75 Å². The number of hydrogen-bond acceptors (Lipinski definition) is 3. The topological polar surface area (TPSA) is 76.4 Å². The fourth-order valence-electron chi connectivity index (χ4n) is 2.19. The molecule has 2 rings (SSSR count). The second-order valence-electron chi connectivity index (χ2n) is 4.47. The van der Waals surface area contributed by atoms with Crippen molar-refractivity contribution in [1.82, 2.24) is 10.6 Å². The first kappa shape index (κ1) is 14.1. The van der Waals surface area contributed by atoms with Gasteiger partial charge in [0, 0.05) is 29.2 Å². The van der Waals surface area contributed by atoms with E-state index in [1.54, 1.807) is 0 Å². The lowest BCUT2D eigenvalue weighted by Crippen LogP contribution is -2.36. The molecular formula is C13H18BrN3O2. The van der Waals surface area contributed by atoms with Crippen LogP contribution in [0.2, 0.25) is 0 Å². The Morgan fingerprint density at radius 3 is 3.11 bits per heavy atom. The monoisotopic (exact) mass is 327 g/mol. The van der Waals surface area contributed by atoms with E-state index >= 15 is 0 Å². The van der Waals surface area contributed by atoms with Crippen molar-refractivity contribution >= 4 is 22.0 Å². The molecule has 1 aliphatic rings. The number of amides is 2. The molecule has 1 heterocycles. The van der Waals surface area contributed by atoms with E-state index < -0.39 is 6.03 Å². The molecule has 1 aromatic carbocycles. The fourth-order valence-corrected chi connectivity index (χ4v) is 2.53. The van der Waals surface area contributed by atoms with Crippen molar-refractivity contribution in [2.24, 2.45) is 5.73 Å². The number of nitrogens with two attached hydrogens (primary N) is 1. The van der Waals surface area contributed by atoms with E-state index in [0.29, 0.717) is 13.1 Å². The molecule has 4 N–H and O–H groups in total. The number of carbonyl (C=O) groups excluding carboxylic acids is 1. The highest BCUT2D eigenvalue weighted by Crippen LogP contribution is 2.33. The van der Waals surface area contributed by atoms with Gasteiger partial charge in [-0.2, -0.15) is 0 Å². The van der Waals surface area contributed by atoms with Crippen LogP contribution in [0.15, 0.2) is 22.7 Å². The summed E-state index contributed by atoms with van der Waals surface area (Å²) in [5.41, 5.74) is 6.19. The van der Waals surface area contributed by atoms with E-state index in [9.17, 15) is 4.79 Å². The molecule has 0 aromatic heterocycles. The van der Waals surface area contributed by atoms with Crippen LogP contribution in [0.1, 0.15) is 24.4 Å². The van der Waals surface area contributed by atoms with Crippen molar-refractivity contribution < 1.29 is 9.53 Å². The summed E-state index contributed by atoms with van der Waals surface area (Å²) in [6, 6.07) is 5.85. The van der Waals surface area contributed by atoms with Crippen LogP contribution >= 0.6 is 15.9 Å². The molecule has 0 spiro atoms. The Kier molecular flexibility index (Phi) is 5.04. The minimum atomic E-state index is -0.490. The van der Waals surface area contributed by atoms with Gasteiger partial charge in [0.25, 0.3) is 0 Å². The van der Waals surface area contributed by atoms with Gasteiger partial charge in [-0.15, -0.1) is 0 Å². The molecule has 1 unspecified atom stereocenters. The number of nitrogens with one attached hydrogen (secondary N) is 2. The fraction of sp³-hybridized carbons (Fsp3) is 0.462. The highest BCUT2D eigenvalue weighted by Gasteiger charge is 2.19. The Labute approximate surface area is 121 Å². The van der Waals surface area contributed by atoms with Crippen LogP contribution in [0, 0.1) is 0 Å². The van der Waals surface area contributed by atoms with Crippen molar-refractivity contribution in [3.8, 4) is 5.75 Å². The third-order valence-corrected chi connectivity index (χ3v) is 3.55. The summed E-state index contributed by atoms with van der Waals surface area (Å²) < 4.78 is 6.76. The van der Waals surface area contributed by atoms with Gasteiger partial charge in [-0.05, 0) is 25.0 Å². The van der Waals surface area contributed by atoms with E-state index in [1.807, 2.05) is 12.1 Å². The van der Waals surface area contributed by atoms with Crippen molar-refractivity contribution in [3.05, 3.63) is 28.2 Å². The predicted molar refractivity (Wildman–Crippen MR) is 77.2 cm³/mol. The summed E-state index contributed by atoms with van der Waals surface area (Å²) in [5, 5.41) is 6.00. The van der Waals surface area contributed by atoms with E-state index in [-0.39, 0.29) is 6.04 Å². The Bertz CT molecular complexity index is 454. The molecule has 0 fully saturated rings. The number of fused-ring (bicyclic) bond motifs is 1. The molecule has 5 nitrogen and oxygen atoms in total. The minimum absolute atomic E-state index is 0.250. The first-order chi connectivity index (χ1) is 9.16. The highest BCUT2D eigenvalue weighted by molar-refractivity contribution is 9.10. The molecule has 0 bridgehead atoms. The first-order valence-corrected chi connectivity index (χ1v) is 7.15. The van der Waals surface area contributed by atoms with Crippen LogP contribution in [0.4, 0.5) is 4.79 Å². The smallest absolute Gasteiger partial charge is 0.312 e. The average Bonchev–Trinajstić information content (AvgIpc) is 2.56. The summed E-state index contributed by atoms with van der Waals surface area (Å²) in [6.45, 7) is 1.95. The molecular weight excluding hydrogens is 310 g/mol. The number of primary amides is 1. The van der Waals surface area contributed by atoms with Crippen molar-refractivity contribution in [3.63, 3.8) is 0 Å². The summed E-state index contributed by atoms with van der Waals surface area (Å²) in [4.78, 5) is 10.6. The lowest BCUT2D eigenvalue weighted by atomic mass is 10.0. The zero-order valence-corrected chi connectivity index (χ0v) is 12.2. The zero-order valence-electron chi connectivity index (χ0n) is 10.6. The van der Waals surface area contributed by atoms with Gasteiger partial charge < -0.3 is 21.1 Å². The van der Waals surface area contributed by atoms with Gasteiger partial charge in [0.2, 0.25) is 0 Å². The molecule has 104 valence electrons. The maximum absolute atomic E-state index is 10.6. The third kappa shape index (κ3) is 4.11. The normalized spacial score (nSPS) is 18.1. The number of benzene rings is 1. The van der Waals surface area contributed by atoms with Crippen LogP contribution in [0.25, 0.3) is 0 Å². The lowest BCUT2D eigenvalue weighted by Gasteiger charge is -2.18. The van der Waals surface area contributed by atoms with E-state index in [1.165, 1.54) is 5.56 Å². The summed E-state index contributed by atoms with van der Waals surface area (Å²) in [5.74, 6) is 0.923. The number of urea groups is 1. The second-order valence-corrected chi connectivity index (χ2v) is 5.39. The quantitative estimate of drug-likeness (QED) is 0.739.